The Hall–Kier alpha value is -3.80. The maximum atomic E-state index is 12.6. The van der Waals surface area contributed by atoms with Gasteiger partial charge in [0.25, 0.3) is 0 Å². The lowest BCUT2D eigenvalue weighted by Gasteiger charge is -2.21. The van der Waals surface area contributed by atoms with Crippen LogP contribution in [0, 0.1) is 0 Å². The minimum atomic E-state index is -0.884. The molecule has 0 bridgehead atoms. The number of carbonyl (C=O) groups is 2. The van der Waals surface area contributed by atoms with Gasteiger partial charge in [-0.1, -0.05) is 60.7 Å². The molecule has 6 nitrogen and oxygen atoms in total. The number of ether oxygens (including phenoxy) is 2. The standard InChI is InChI=1S/C28H30N2O4/c1-28(2,3)34-19-14-12-18(13-15-19)16-25(26(29)31)30-27(32)33-17-24-22-10-6-4-8-20(22)21-9-5-7-11-23(21)24/h4-15,24-25H,16-17H2,1-3H3,(H2,29,31)(H,30,32)/t25-/m0/s1. The highest BCUT2D eigenvalue weighted by Crippen LogP contribution is 2.44. The van der Waals surface area contributed by atoms with E-state index in [1.807, 2.05) is 69.3 Å². The van der Waals surface area contributed by atoms with Crippen molar-refractivity contribution >= 4 is 12.0 Å². The second-order valence-corrected chi connectivity index (χ2v) is 9.49. The summed E-state index contributed by atoms with van der Waals surface area (Å²) in [4.78, 5) is 24.6. The molecular formula is C28H30N2O4. The lowest BCUT2D eigenvalue weighted by molar-refractivity contribution is -0.119. The van der Waals surface area contributed by atoms with Crippen molar-refractivity contribution in [1.29, 1.82) is 0 Å². The zero-order chi connectivity index (χ0) is 24.3. The highest BCUT2D eigenvalue weighted by atomic mass is 16.5. The van der Waals surface area contributed by atoms with E-state index in [2.05, 4.69) is 29.6 Å². The first kappa shape index (κ1) is 23.4. The highest BCUT2D eigenvalue weighted by molar-refractivity contribution is 5.84. The topological polar surface area (TPSA) is 90.7 Å². The summed E-state index contributed by atoms with van der Waals surface area (Å²) in [6.07, 6.45) is -0.409. The molecule has 3 aromatic rings. The third kappa shape index (κ3) is 5.39. The van der Waals surface area contributed by atoms with E-state index in [1.54, 1.807) is 0 Å². The van der Waals surface area contributed by atoms with Gasteiger partial charge in [-0.2, -0.15) is 0 Å². The van der Waals surface area contributed by atoms with Crippen LogP contribution in [0.15, 0.2) is 72.8 Å². The Morgan fingerprint density at radius 3 is 2.00 bits per heavy atom. The van der Waals surface area contributed by atoms with E-state index in [4.69, 9.17) is 15.2 Å². The number of nitrogens with two attached hydrogens (primary N) is 1. The van der Waals surface area contributed by atoms with Crippen molar-refractivity contribution in [3.05, 3.63) is 89.5 Å². The first-order valence-corrected chi connectivity index (χ1v) is 11.4. The number of alkyl carbamates (subject to hydrolysis) is 1. The number of primary amides is 1. The monoisotopic (exact) mass is 458 g/mol. The molecule has 2 amide bonds. The predicted octanol–water partition coefficient (Wildman–Crippen LogP) is 4.80. The van der Waals surface area contributed by atoms with E-state index in [0.29, 0.717) is 0 Å². The van der Waals surface area contributed by atoms with Crippen LogP contribution in [-0.2, 0) is 16.0 Å². The molecule has 3 aromatic carbocycles. The van der Waals surface area contributed by atoms with Crippen LogP contribution in [-0.4, -0.2) is 30.3 Å². The van der Waals surface area contributed by atoms with Gasteiger partial charge in [0.05, 0.1) is 0 Å². The first-order valence-electron chi connectivity index (χ1n) is 11.4. The smallest absolute Gasteiger partial charge is 0.407 e. The molecule has 0 saturated carbocycles. The normalized spacial score (nSPS) is 13.5. The van der Waals surface area contributed by atoms with Crippen LogP contribution in [0.2, 0.25) is 0 Å². The van der Waals surface area contributed by atoms with Crippen molar-refractivity contribution in [2.24, 2.45) is 5.73 Å². The van der Waals surface area contributed by atoms with Crippen molar-refractivity contribution < 1.29 is 19.1 Å². The van der Waals surface area contributed by atoms with E-state index < -0.39 is 18.0 Å². The molecule has 0 aromatic heterocycles. The highest BCUT2D eigenvalue weighted by Gasteiger charge is 2.29. The molecule has 1 aliphatic carbocycles. The fourth-order valence-corrected chi connectivity index (χ4v) is 4.29. The SMILES string of the molecule is CC(C)(C)Oc1ccc(C[C@H](NC(=O)OCC2c3ccccc3-c3ccccc32)C(N)=O)cc1. The second-order valence-electron chi connectivity index (χ2n) is 9.49. The van der Waals surface area contributed by atoms with Gasteiger partial charge in [-0.3, -0.25) is 4.79 Å². The minimum absolute atomic E-state index is 0.0551. The number of nitrogens with one attached hydrogen (secondary N) is 1. The Morgan fingerprint density at radius 1 is 0.912 bits per heavy atom. The van der Waals surface area contributed by atoms with Crippen LogP contribution in [0.4, 0.5) is 4.79 Å². The predicted molar refractivity (Wildman–Crippen MR) is 132 cm³/mol. The Morgan fingerprint density at radius 2 is 1.47 bits per heavy atom. The molecular weight excluding hydrogens is 428 g/mol. The van der Waals surface area contributed by atoms with Crippen LogP contribution >= 0.6 is 0 Å². The van der Waals surface area contributed by atoms with Gasteiger partial charge in [0.2, 0.25) is 5.91 Å². The lowest BCUT2D eigenvalue weighted by Crippen LogP contribution is -2.46. The van der Waals surface area contributed by atoms with Gasteiger partial charge >= 0.3 is 6.09 Å². The molecule has 6 heteroatoms. The lowest BCUT2D eigenvalue weighted by atomic mass is 9.98. The molecule has 34 heavy (non-hydrogen) atoms. The minimum Gasteiger partial charge on any atom is -0.488 e. The van der Waals surface area contributed by atoms with E-state index >= 15 is 0 Å². The zero-order valence-corrected chi connectivity index (χ0v) is 19.7. The Kier molecular flexibility index (Phi) is 6.59. The van der Waals surface area contributed by atoms with Gasteiger partial charge < -0.3 is 20.5 Å². The molecule has 0 aliphatic heterocycles. The van der Waals surface area contributed by atoms with Crippen molar-refractivity contribution in [3.63, 3.8) is 0 Å². The molecule has 1 aliphatic rings. The fourth-order valence-electron chi connectivity index (χ4n) is 4.29. The summed E-state index contributed by atoms with van der Waals surface area (Å²) in [5.41, 5.74) is 10.7. The van der Waals surface area contributed by atoms with Gasteiger partial charge in [-0.15, -0.1) is 0 Å². The molecule has 3 N–H and O–H groups in total. The maximum Gasteiger partial charge on any atom is 0.407 e. The fraction of sp³-hybridized carbons (Fsp3) is 0.286. The molecule has 0 radical (unpaired) electrons. The molecule has 1 atom stereocenters. The van der Waals surface area contributed by atoms with Gasteiger partial charge in [-0.05, 0) is 60.7 Å². The van der Waals surface area contributed by atoms with Crippen LogP contribution in [0.25, 0.3) is 11.1 Å². The van der Waals surface area contributed by atoms with Crippen molar-refractivity contribution in [2.45, 2.75) is 44.8 Å². The van der Waals surface area contributed by atoms with Gasteiger partial charge in [0, 0.05) is 12.3 Å². The third-order valence-electron chi connectivity index (χ3n) is 5.77. The van der Waals surface area contributed by atoms with Crippen LogP contribution in [0.1, 0.15) is 43.4 Å². The van der Waals surface area contributed by atoms with Gasteiger partial charge in [-0.25, -0.2) is 4.79 Å². The number of rotatable bonds is 7. The molecule has 176 valence electrons. The van der Waals surface area contributed by atoms with Crippen molar-refractivity contribution in [2.75, 3.05) is 6.61 Å². The van der Waals surface area contributed by atoms with Gasteiger partial charge in [0.1, 0.15) is 24.0 Å². The molecule has 0 fully saturated rings. The van der Waals surface area contributed by atoms with Crippen molar-refractivity contribution in [1.82, 2.24) is 5.32 Å². The zero-order valence-electron chi connectivity index (χ0n) is 19.7. The molecule has 4 rings (SSSR count). The summed E-state index contributed by atoms with van der Waals surface area (Å²) >= 11 is 0. The average Bonchev–Trinajstić information content (AvgIpc) is 3.11. The molecule has 0 spiro atoms. The van der Waals surface area contributed by atoms with Crippen molar-refractivity contribution in [3.8, 4) is 16.9 Å². The second kappa shape index (κ2) is 9.59. The first-order chi connectivity index (χ1) is 16.2. The molecule has 0 heterocycles. The Bertz CT molecular complexity index is 1140. The summed E-state index contributed by atoms with van der Waals surface area (Å²) in [6, 6.07) is 22.8. The van der Waals surface area contributed by atoms with E-state index in [9.17, 15) is 9.59 Å². The van der Waals surface area contributed by atoms with Crippen LogP contribution < -0.4 is 15.8 Å². The summed E-state index contributed by atoms with van der Waals surface area (Å²) in [7, 11) is 0. The molecule has 0 unspecified atom stereocenters. The number of hydrogen-bond acceptors (Lipinski definition) is 4. The van der Waals surface area contributed by atoms with Crippen LogP contribution in [0.3, 0.4) is 0 Å². The van der Waals surface area contributed by atoms with Crippen LogP contribution in [0.5, 0.6) is 5.75 Å². The largest absolute Gasteiger partial charge is 0.488 e. The summed E-state index contributed by atoms with van der Waals surface area (Å²) in [5, 5.41) is 2.62. The average molecular weight is 459 g/mol. The Balaban J connectivity index is 1.38. The number of amides is 2. The van der Waals surface area contributed by atoms with E-state index in [0.717, 1.165) is 33.6 Å². The van der Waals surface area contributed by atoms with E-state index in [-0.39, 0.29) is 24.5 Å². The number of fused-ring (bicyclic) bond motifs is 3. The summed E-state index contributed by atoms with van der Waals surface area (Å²) < 4.78 is 11.4. The van der Waals surface area contributed by atoms with Gasteiger partial charge in [0.15, 0.2) is 0 Å². The third-order valence-corrected chi connectivity index (χ3v) is 5.77. The number of carbonyl (C=O) groups excluding carboxylic acids is 2. The summed E-state index contributed by atoms with van der Waals surface area (Å²) in [6.45, 7) is 6.09. The maximum absolute atomic E-state index is 12.6. The molecule has 0 saturated heterocycles. The quantitative estimate of drug-likeness (QED) is 0.532. The van der Waals surface area contributed by atoms with E-state index in [1.165, 1.54) is 0 Å². The number of benzene rings is 3. The number of hydrogen-bond donors (Lipinski definition) is 2. The summed E-state index contributed by atoms with van der Waals surface area (Å²) in [5.74, 6) is 0.0560. The Labute approximate surface area is 200 Å².